The molecule has 1 unspecified atom stereocenters. The van der Waals surface area contributed by atoms with Crippen LogP contribution in [0.25, 0.3) is 16.8 Å². The zero-order valence-corrected chi connectivity index (χ0v) is 11.4. The van der Waals surface area contributed by atoms with Crippen molar-refractivity contribution < 1.29 is 0 Å². The van der Waals surface area contributed by atoms with Crippen molar-refractivity contribution in [3.63, 3.8) is 0 Å². The van der Waals surface area contributed by atoms with Crippen molar-refractivity contribution in [3.05, 3.63) is 53.6 Å². The highest BCUT2D eigenvalue weighted by molar-refractivity contribution is 5.86. The van der Waals surface area contributed by atoms with E-state index in [1.54, 1.807) is 0 Å². The minimum atomic E-state index is 0.347. The molecule has 1 aliphatic carbocycles. The van der Waals surface area contributed by atoms with Gasteiger partial charge in [0.05, 0.1) is 0 Å². The highest BCUT2D eigenvalue weighted by Gasteiger charge is 2.25. The lowest BCUT2D eigenvalue weighted by Gasteiger charge is -2.31. The van der Waals surface area contributed by atoms with Gasteiger partial charge in [-0.2, -0.15) is 0 Å². The molecular formula is C18H20. The van der Waals surface area contributed by atoms with Crippen LogP contribution in [-0.2, 0) is 6.42 Å². The van der Waals surface area contributed by atoms with Gasteiger partial charge in [0.25, 0.3) is 0 Å². The summed E-state index contributed by atoms with van der Waals surface area (Å²) in [6.45, 7) is 6.98. The summed E-state index contributed by atoms with van der Waals surface area (Å²) in [5.74, 6) is 0.645. The predicted molar refractivity (Wildman–Crippen MR) is 79.6 cm³/mol. The largest absolute Gasteiger partial charge is 0.0800 e. The van der Waals surface area contributed by atoms with E-state index in [9.17, 15) is 0 Å². The van der Waals surface area contributed by atoms with Gasteiger partial charge in [-0.15, -0.1) is 0 Å². The van der Waals surface area contributed by atoms with Crippen LogP contribution in [0.5, 0.6) is 0 Å². The van der Waals surface area contributed by atoms with Crippen molar-refractivity contribution in [2.75, 3.05) is 0 Å². The molecule has 0 heterocycles. The Bertz CT molecular complexity index is 611. The van der Waals surface area contributed by atoms with Gasteiger partial charge in [0.15, 0.2) is 0 Å². The molecule has 0 bridgehead atoms. The summed E-state index contributed by atoms with van der Waals surface area (Å²) in [6.07, 6.45) is 5.86. The van der Waals surface area contributed by atoms with Crippen LogP contribution in [0, 0.1) is 11.3 Å². The van der Waals surface area contributed by atoms with Crippen LogP contribution in [-0.4, -0.2) is 0 Å². The Morgan fingerprint density at radius 1 is 1.00 bits per heavy atom. The Morgan fingerprint density at radius 2 is 1.67 bits per heavy atom. The fourth-order valence-corrected chi connectivity index (χ4v) is 2.76. The highest BCUT2D eigenvalue weighted by Crippen LogP contribution is 2.36. The number of benzene rings is 2. The first-order valence-electron chi connectivity index (χ1n) is 6.74. The normalized spacial score (nSPS) is 18.9. The van der Waals surface area contributed by atoms with Gasteiger partial charge in [0.1, 0.15) is 0 Å². The van der Waals surface area contributed by atoms with Crippen LogP contribution in [0.3, 0.4) is 0 Å². The molecule has 0 fully saturated rings. The van der Waals surface area contributed by atoms with E-state index in [1.165, 1.54) is 28.3 Å². The second kappa shape index (κ2) is 3.98. The standard InChI is InChI=1S/C18H20/c1-18(2,3)17-9-8-15-10-13-6-4-5-7-14(13)11-16(15)12-17/h4-11,17H,12H2,1-3H3. The van der Waals surface area contributed by atoms with Gasteiger partial charge < -0.3 is 0 Å². The van der Waals surface area contributed by atoms with Crippen molar-refractivity contribution in [2.24, 2.45) is 11.3 Å². The lowest BCUT2D eigenvalue weighted by atomic mass is 9.74. The maximum absolute atomic E-state index is 2.39. The molecule has 0 nitrogen and oxygen atoms in total. The van der Waals surface area contributed by atoms with E-state index in [-0.39, 0.29) is 0 Å². The van der Waals surface area contributed by atoms with E-state index in [0.717, 1.165) is 0 Å². The SMILES string of the molecule is CC(C)(C)C1C=Cc2cc3ccccc3cc2C1. The molecule has 0 radical (unpaired) electrons. The second-order valence-corrected chi connectivity index (χ2v) is 6.43. The van der Waals surface area contributed by atoms with Gasteiger partial charge in [-0.1, -0.05) is 63.3 Å². The minimum Gasteiger partial charge on any atom is -0.0800 e. The molecule has 1 aliphatic rings. The average molecular weight is 236 g/mol. The molecule has 0 saturated heterocycles. The molecule has 3 rings (SSSR count). The molecule has 0 saturated carbocycles. The van der Waals surface area contributed by atoms with Gasteiger partial charge in [0.2, 0.25) is 0 Å². The molecule has 18 heavy (non-hydrogen) atoms. The number of hydrogen-bond donors (Lipinski definition) is 0. The number of rotatable bonds is 0. The Morgan fingerprint density at radius 3 is 2.33 bits per heavy atom. The van der Waals surface area contributed by atoms with E-state index in [1.807, 2.05) is 0 Å². The minimum absolute atomic E-state index is 0.347. The monoisotopic (exact) mass is 236 g/mol. The van der Waals surface area contributed by atoms with Gasteiger partial charge >= 0.3 is 0 Å². The maximum Gasteiger partial charge on any atom is -0.0141 e. The summed E-state index contributed by atoms with van der Waals surface area (Å²) in [4.78, 5) is 0. The molecule has 2 aromatic carbocycles. The van der Waals surface area contributed by atoms with Crippen molar-refractivity contribution >= 4 is 16.8 Å². The van der Waals surface area contributed by atoms with Crippen molar-refractivity contribution in [1.82, 2.24) is 0 Å². The molecule has 92 valence electrons. The van der Waals surface area contributed by atoms with Crippen LogP contribution in [0.4, 0.5) is 0 Å². The third-order valence-corrected chi connectivity index (χ3v) is 4.07. The Kier molecular flexibility index (Phi) is 2.55. The summed E-state index contributed by atoms with van der Waals surface area (Å²) >= 11 is 0. The fourth-order valence-electron chi connectivity index (χ4n) is 2.76. The number of fused-ring (bicyclic) bond motifs is 2. The molecule has 0 N–H and O–H groups in total. The first-order chi connectivity index (χ1) is 8.54. The predicted octanol–water partition coefficient (Wildman–Crippen LogP) is 5.07. The lowest BCUT2D eigenvalue weighted by molar-refractivity contribution is 0.291. The van der Waals surface area contributed by atoms with E-state index in [2.05, 4.69) is 69.3 Å². The fraction of sp³-hybridized carbons (Fsp3) is 0.333. The third kappa shape index (κ3) is 1.96. The molecule has 0 aromatic heterocycles. The summed E-state index contributed by atoms with van der Waals surface area (Å²) in [5, 5.41) is 2.70. The van der Waals surface area contributed by atoms with Crippen LogP contribution in [0.2, 0.25) is 0 Å². The lowest BCUT2D eigenvalue weighted by Crippen LogP contribution is -2.22. The van der Waals surface area contributed by atoms with E-state index in [0.29, 0.717) is 11.3 Å². The quantitative estimate of drug-likeness (QED) is 0.599. The van der Waals surface area contributed by atoms with Gasteiger partial charge in [-0.25, -0.2) is 0 Å². The molecule has 0 amide bonds. The molecule has 0 aliphatic heterocycles. The van der Waals surface area contributed by atoms with Crippen LogP contribution in [0.15, 0.2) is 42.5 Å². The molecule has 1 atom stereocenters. The van der Waals surface area contributed by atoms with Crippen LogP contribution in [0.1, 0.15) is 31.9 Å². The topological polar surface area (TPSA) is 0 Å². The summed E-state index contributed by atoms with van der Waals surface area (Å²) in [7, 11) is 0. The van der Waals surface area contributed by atoms with Crippen molar-refractivity contribution in [1.29, 1.82) is 0 Å². The molecule has 0 heteroatoms. The summed E-state index contributed by atoms with van der Waals surface area (Å²) in [6, 6.07) is 13.3. The smallest absolute Gasteiger partial charge is 0.0141 e. The highest BCUT2D eigenvalue weighted by atomic mass is 14.3. The zero-order chi connectivity index (χ0) is 12.8. The maximum atomic E-state index is 2.39. The summed E-state index contributed by atoms with van der Waals surface area (Å²) in [5.41, 5.74) is 3.24. The Hall–Kier alpha value is -1.56. The van der Waals surface area contributed by atoms with Gasteiger partial charge in [0, 0.05) is 0 Å². The Labute approximate surface area is 109 Å². The van der Waals surface area contributed by atoms with Crippen LogP contribution < -0.4 is 0 Å². The van der Waals surface area contributed by atoms with Crippen molar-refractivity contribution in [2.45, 2.75) is 27.2 Å². The van der Waals surface area contributed by atoms with E-state index in [4.69, 9.17) is 0 Å². The third-order valence-electron chi connectivity index (χ3n) is 4.07. The molecular weight excluding hydrogens is 216 g/mol. The number of allylic oxidation sites excluding steroid dienone is 1. The molecule has 0 spiro atoms. The van der Waals surface area contributed by atoms with E-state index >= 15 is 0 Å². The van der Waals surface area contributed by atoms with Crippen LogP contribution >= 0.6 is 0 Å². The Balaban J connectivity index is 2.08. The van der Waals surface area contributed by atoms with E-state index < -0.39 is 0 Å². The summed E-state index contributed by atoms with van der Waals surface area (Å²) < 4.78 is 0. The number of hydrogen-bond acceptors (Lipinski definition) is 0. The first-order valence-corrected chi connectivity index (χ1v) is 6.74. The van der Waals surface area contributed by atoms with Gasteiger partial charge in [-0.3, -0.25) is 0 Å². The first kappa shape index (κ1) is 11.5. The average Bonchev–Trinajstić information content (AvgIpc) is 2.34. The zero-order valence-electron chi connectivity index (χ0n) is 11.4. The second-order valence-electron chi connectivity index (χ2n) is 6.43. The van der Waals surface area contributed by atoms with Gasteiger partial charge in [-0.05, 0) is 45.7 Å². The van der Waals surface area contributed by atoms with Crippen molar-refractivity contribution in [3.8, 4) is 0 Å². The molecule has 2 aromatic rings.